The molecule has 0 radical (unpaired) electrons. The molecule has 128 valence electrons. The van der Waals surface area contributed by atoms with Gasteiger partial charge in [-0.2, -0.15) is 0 Å². The lowest BCUT2D eigenvalue weighted by atomic mass is 10.0. The maximum Gasteiger partial charge on any atom is 0.323 e. The molecule has 0 spiro atoms. The molecule has 8 heteroatoms. The Morgan fingerprint density at radius 3 is 2.45 bits per heavy atom. The summed E-state index contributed by atoms with van der Waals surface area (Å²) in [7, 11) is 0. The molecule has 0 aromatic rings. The predicted molar refractivity (Wildman–Crippen MR) is 75.4 cm³/mol. The van der Waals surface area contributed by atoms with Crippen molar-refractivity contribution in [1.29, 1.82) is 0 Å². The number of ether oxygens (including phenoxy) is 2. The highest BCUT2D eigenvalue weighted by atomic mass is 19.3. The maximum atomic E-state index is 14.1. The lowest BCUT2D eigenvalue weighted by Crippen LogP contribution is -2.56. The molecular formula is C14H24F2N2O4. The van der Waals surface area contributed by atoms with E-state index in [1.807, 2.05) is 0 Å². The van der Waals surface area contributed by atoms with Crippen molar-refractivity contribution < 1.29 is 27.8 Å². The van der Waals surface area contributed by atoms with Gasteiger partial charge in [0.15, 0.2) is 6.61 Å². The number of hydrogen-bond donors (Lipinski definition) is 1. The first kappa shape index (κ1) is 18.8. The highest BCUT2D eigenvalue weighted by Gasteiger charge is 2.48. The monoisotopic (exact) mass is 322 g/mol. The summed E-state index contributed by atoms with van der Waals surface area (Å²) in [6.07, 6.45) is -1.21. The van der Waals surface area contributed by atoms with E-state index < -0.39 is 48.7 Å². The summed E-state index contributed by atoms with van der Waals surface area (Å²) >= 11 is 0. The lowest BCUT2D eigenvalue weighted by Gasteiger charge is -2.40. The van der Waals surface area contributed by atoms with E-state index in [2.05, 4.69) is 4.74 Å². The second kappa shape index (κ2) is 6.87. The number of likely N-dealkylation sites (tertiary alicyclic amines) is 1. The molecule has 0 aliphatic carbocycles. The third-order valence-corrected chi connectivity index (χ3v) is 3.09. The minimum absolute atomic E-state index is 0.0250. The van der Waals surface area contributed by atoms with Gasteiger partial charge in [-0.25, -0.2) is 8.78 Å². The Labute approximate surface area is 128 Å². The summed E-state index contributed by atoms with van der Waals surface area (Å²) in [5, 5.41) is 0. The number of rotatable bonds is 4. The van der Waals surface area contributed by atoms with E-state index in [9.17, 15) is 18.4 Å². The van der Waals surface area contributed by atoms with Crippen LogP contribution in [-0.4, -0.2) is 60.1 Å². The summed E-state index contributed by atoms with van der Waals surface area (Å²) in [5.74, 6) is -4.55. The van der Waals surface area contributed by atoms with Crippen molar-refractivity contribution in [3.8, 4) is 0 Å². The zero-order valence-electron chi connectivity index (χ0n) is 13.4. The largest absolute Gasteiger partial charge is 0.454 e. The SMILES string of the molecule is C[C@@H](N)C(=O)OCC(=O)N1CC[C@H](OC(C)(C)C)C(F)(F)C1. The van der Waals surface area contributed by atoms with Crippen molar-refractivity contribution >= 4 is 11.9 Å². The molecule has 0 unspecified atom stereocenters. The van der Waals surface area contributed by atoms with Gasteiger partial charge in [0.2, 0.25) is 0 Å². The number of amides is 1. The van der Waals surface area contributed by atoms with Gasteiger partial charge < -0.3 is 20.1 Å². The zero-order valence-corrected chi connectivity index (χ0v) is 13.4. The summed E-state index contributed by atoms with van der Waals surface area (Å²) < 4.78 is 38.2. The number of hydrogen-bond acceptors (Lipinski definition) is 5. The Kier molecular flexibility index (Phi) is 5.86. The molecule has 1 aliphatic rings. The lowest BCUT2D eigenvalue weighted by molar-refractivity contribution is -0.208. The maximum absolute atomic E-state index is 14.1. The third-order valence-electron chi connectivity index (χ3n) is 3.09. The van der Waals surface area contributed by atoms with Crippen LogP contribution >= 0.6 is 0 Å². The first-order valence-corrected chi connectivity index (χ1v) is 7.18. The number of nitrogens with zero attached hydrogens (tertiary/aromatic N) is 1. The normalized spacial score (nSPS) is 23.0. The molecule has 0 aromatic carbocycles. The quantitative estimate of drug-likeness (QED) is 0.779. The zero-order chi connectivity index (χ0) is 17.1. The number of carbonyl (C=O) groups is 2. The number of esters is 1. The van der Waals surface area contributed by atoms with Crippen molar-refractivity contribution in [1.82, 2.24) is 4.90 Å². The summed E-state index contributed by atoms with van der Waals surface area (Å²) in [5.41, 5.74) is 4.60. The number of nitrogens with two attached hydrogens (primary N) is 1. The molecular weight excluding hydrogens is 298 g/mol. The van der Waals surface area contributed by atoms with E-state index in [0.29, 0.717) is 0 Å². The molecule has 1 rings (SSSR count). The molecule has 22 heavy (non-hydrogen) atoms. The van der Waals surface area contributed by atoms with Crippen LogP contribution in [0.3, 0.4) is 0 Å². The highest BCUT2D eigenvalue weighted by Crippen LogP contribution is 2.32. The number of carbonyl (C=O) groups excluding carboxylic acids is 2. The van der Waals surface area contributed by atoms with Crippen molar-refractivity contribution in [3.05, 3.63) is 0 Å². The summed E-state index contributed by atoms with van der Waals surface area (Å²) in [6.45, 7) is 5.32. The van der Waals surface area contributed by atoms with Gasteiger partial charge in [0.05, 0.1) is 12.1 Å². The smallest absolute Gasteiger partial charge is 0.323 e. The average Bonchev–Trinajstić information content (AvgIpc) is 2.35. The van der Waals surface area contributed by atoms with E-state index in [-0.39, 0.29) is 13.0 Å². The van der Waals surface area contributed by atoms with Gasteiger partial charge in [-0.3, -0.25) is 9.59 Å². The van der Waals surface area contributed by atoms with Crippen molar-refractivity contribution in [3.63, 3.8) is 0 Å². The van der Waals surface area contributed by atoms with E-state index in [1.165, 1.54) is 6.92 Å². The minimum Gasteiger partial charge on any atom is -0.454 e. The molecule has 1 fully saturated rings. The third kappa shape index (κ3) is 5.49. The fraction of sp³-hybridized carbons (Fsp3) is 0.857. The van der Waals surface area contributed by atoms with Gasteiger partial charge in [-0.05, 0) is 34.1 Å². The van der Waals surface area contributed by atoms with Gasteiger partial charge in [-0.15, -0.1) is 0 Å². The topological polar surface area (TPSA) is 81.9 Å². The molecule has 0 bridgehead atoms. The van der Waals surface area contributed by atoms with Crippen LogP contribution in [0.1, 0.15) is 34.1 Å². The molecule has 1 aliphatic heterocycles. The van der Waals surface area contributed by atoms with Gasteiger partial charge in [0.25, 0.3) is 11.8 Å². The van der Waals surface area contributed by atoms with Crippen LogP contribution in [-0.2, 0) is 19.1 Å². The van der Waals surface area contributed by atoms with Gasteiger partial charge in [0, 0.05) is 6.54 Å². The van der Waals surface area contributed by atoms with Crippen LogP contribution in [0.5, 0.6) is 0 Å². The van der Waals surface area contributed by atoms with Crippen LogP contribution in [0.4, 0.5) is 8.78 Å². The Balaban J connectivity index is 2.56. The molecule has 1 saturated heterocycles. The minimum atomic E-state index is -3.15. The van der Waals surface area contributed by atoms with Gasteiger partial charge in [-0.1, -0.05) is 0 Å². The first-order valence-electron chi connectivity index (χ1n) is 7.18. The molecule has 0 aromatic heterocycles. The van der Waals surface area contributed by atoms with Crippen LogP contribution in [0, 0.1) is 0 Å². The van der Waals surface area contributed by atoms with Gasteiger partial charge in [0.1, 0.15) is 12.1 Å². The van der Waals surface area contributed by atoms with Crippen molar-refractivity contribution in [2.45, 2.75) is 57.8 Å². The van der Waals surface area contributed by atoms with Crippen molar-refractivity contribution in [2.24, 2.45) is 5.73 Å². The Hall–Kier alpha value is -1.28. The highest BCUT2D eigenvalue weighted by molar-refractivity contribution is 5.82. The Morgan fingerprint density at radius 2 is 2.00 bits per heavy atom. The number of halogens is 2. The standard InChI is InChI=1S/C14H24F2N2O4/c1-9(17)12(20)21-7-11(19)18-6-5-10(14(15,16)8-18)22-13(2,3)4/h9-10H,5-8,17H2,1-4H3/t9-,10+/m1/s1. The molecule has 2 atom stereocenters. The fourth-order valence-electron chi connectivity index (χ4n) is 2.06. The first-order chi connectivity index (χ1) is 9.92. The van der Waals surface area contributed by atoms with Crippen molar-refractivity contribution in [2.75, 3.05) is 19.7 Å². The van der Waals surface area contributed by atoms with E-state index >= 15 is 0 Å². The van der Waals surface area contributed by atoms with Crippen LogP contribution in [0.2, 0.25) is 0 Å². The molecule has 6 nitrogen and oxygen atoms in total. The molecule has 0 saturated carbocycles. The number of piperidine rings is 1. The molecule has 2 N–H and O–H groups in total. The summed E-state index contributed by atoms with van der Waals surface area (Å²) in [6, 6.07) is -0.861. The number of alkyl halides is 2. The van der Waals surface area contributed by atoms with Crippen LogP contribution in [0.25, 0.3) is 0 Å². The second-order valence-electron chi connectivity index (χ2n) is 6.48. The second-order valence-corrected chi connectivity index (χ2v) is 6.48. The summed E-state index contributed by atoms with van der Waals surface area (Å²) in [4.78, 5) is 24.0. The Morgan fingerprint density at radius 1 is 1.41 bits per heavy atom. The van der Waals surface area contributed by atoms with E-state index in [4.69, 9.17) is 10.5 Å². The molecule has 1 heterocycles. The molecule has 1 amide bonds. The predicted octanol–water partition coefficient (Wildman–Crippen LogP) is 0.928. The average molecular weight is 322 g/mol. The van der Waals surface area contributed by atoms with Gasteiger partial charge >= 0.3 is 5.97 Å². The van der Waals surface area contributed by atoms with Crippen LogP contribution < -0.4 is 5.73 Å². The fourth-order valence-corrected chi connectivity index (χ4v) is 2.06. The Bertz CT molecular complexity index is 422. The van der Waals surface area contributed by atoms with E-state index in [0.717, 1.165) is 4.90 Å². The van der Waals surface area contributed by atoms with E-state index in [1.54, 1.807) is 20.8 Å². The van der Waals surface area contributed by atoms with Crippen LogP contribution in [0.15, 0.2) is 0 Å².